The molecule has 1 heteroatoms. The van der Waals surface area contributed by atoms with Gasteiger partial charge in [0.1, 0.15) is 0 Å². The van der Waals surface area contributed by atoms with Gasteiger partial charge in [0.25, 0.3) is 0 Å². The van der Waals surface area contributed by atoms with Gasteiger partial charge in [0.05, 0.1) is 11.0 Å². The topological polar surface area (TPSA) is 4.93 Å². The van der Waals surface area contributed by atoms with Crippen molar-refractivity contribution < 1.29 is 0 Å². The quantitative estimate of drug-likeness (QED) is 0.174. The first kappa shape index (κ1) is 26.5. The van der Waals surface area contributed by atoms with Crippen LogP contribution in [0.25, 0.3) is 82.1 Å². The molecule has 1 nitrogen and oxygen atoms in total. The highest BCUT2D eigenvalue weighted by atomic mass is 15.0. The number of fused-ring (bicyclic) bond motifs is 12. The maximum atomic E-state index is 2.49. The van der Waals surface area contributed by atoms with Gasteiger partial charge in [-0.2, -0.15) is 0 Å². The first-order chi connectivity index (χ1) is 23.0. The number of aryl methyl sites for hydroxylation is 1. The van der Waals surface area contributed by atoms with Crippen LogP contribution in [-0.4, -0.2) is 4.57 Å². The first-order valence-corrected chi connectivity index (χ1v) is 16.6. The molecule has 0 bridgehead atoms. The van der Waals surface area contributed by atoms with Crippen molar-refractivity contribution in [3.63, 3.8) is 0 Å². The van der Waals surface area contributed by atoms with Crippen LogP contribution in [-0.2, 0) is 5.41 Å². The molecule has 0 saturated heterocycles. The third-order valence-corrected chi connectivity index (χ3v) is 10.8. The monoisotopic (exact) mass is 599 g/mol. The molecule has 0 saturated carbocycles. The lowest BCUT2D eigenvalue weighted by atomic mass is 9.81. The summed E-state index contributed by atoms with van der Waals surface area (Å²) < 4.78 is 2.43. The van der Waals surface area contributed by atoms with Gasteiger partial charge in [-0.15, -0.1) is 0 Å². The number of nitrogens with zero attached hydrogens (tertiary/aromatic N) is 1. The molecule has 0 amide bonds. The zero-order valence-corrected chi connectivity index (χ0v) is 26.8. The fraction of sp³-hybridized carbons (Fsp3) is 0.0870. The first-order valence-electron chi connectivity index (χ1n) is 16.6. The molecule has 0 atom stereocenters. The molecule has 1 aliphatic carbocycles. The van der Waals surface area contributed by atoms with Crippen molar-refractivity contribution in [1.82, 2.24) is 4.57 Å². The van der Waals surface area contributed by atoms with Crippen LogP contribution in [0.4, 0.5) is 0 Å². The van der Waals surface area contributed by atoms with E-state index in [9.17, 15) is 0 Å². The number of rotatable bonds is 2. The van der Waals surface area contributed by atoms with Crippen molar-refractivity contribution in [2.24, 2.45) is 0 Å². The van der Waals surface area contributed by atoms with E-state index in [4.69, 9.17) is 0 Å². The van der Waals surface area contributed by atoms with E-state index in [-0.39, 0.29) is 5.41 Å². The Labute approximate surface area is 274 Å². The van der Waals surface area contributed by atoms with Crippen LogP contribution in [0.3, 0.4) is 0 Å². The highest BCUT2D eigenvalue weighted by Crippen LogP contribution is 2.52. The van der Waals surface area contributed by atoms with Crippen LogP contribution in [0.1, 0.15) is 30.5 Å². The molecule has 0 radical (unpaired) electrons. The lowest BCUT2D eigenvalue weighted by Crippen LogP contribution is -2.14. The largest absolute Gasteiger partial charge is 0.309 e. The number of benzene rings is 8. The van der Waals surface area contributed by atoms with Crippen LogP contribution in [0.5, 0.6) is 0 Å². The maximum Gasteiger partial charge on any atom is 0.0541 e. The molecule has 1 heterocycles. The lowest BCUT2D eigenvalue weighted by Gasteiger charge is -2.22. The highest BCUT2D eigenvalue weighted by molar-refractivity contribution is 6.26. The average Bonchev–Trinajstić information content (AvgIpc) is 3.56. The molecule has 0 unspecified atom stereocenters. The number of hydrogen-bond donors (Lipinski definition) is 0. The Kier molecular flexibility index (Phi) is 5.33. The van der Waals surface area contributed by atoms with Crippen molar-refractivity contribution in [3.8, 4) is 27.9 Å². The Morgan fingerprint density at radius 2 is 0.915 bits per heavy atom. The SMILES string of the molecule is Cc1cc(-c2ccc3c(c2)-c2cc4c5ccccc5c5ccccc5c4cc2C3(C)C)cc(-n2c3ccccc3c3ccccc32)c1. The molecule has 10 rings (SSSR count). The fourth-order valence-electron chi connectivity index (χ4n) is 8.59. The summed E-state index contributed by atoms with van der Waals surface area (Å²) in [5, 5.41) is 10.5. The average molecular weight is 600 g/mol. The number of para-hydroxylation sites is 2. The third-order valence-electron chi connectivity index (χ3n) is 10.8. The standard InChI is InChI=1S/C46H33N/c1-28-22-30(24-31(23-28)47-44-18-10-8-16-36(44)37-17-9-11-19-45(37)47)29-20-21-42-40(25-29)41-26-38-34-14-6-4-12-32(34)33-13-5-7-15-35(33)39(38)27-43(41)46(42,2)3/h4-27H,1-3H3. The predicted octanol–water partition coefficient (Wildman–Crippen LogP) is 12.5. The molecule has 0 fully saturated rings. The summed E-state index contributed by atoms with van der Waals surface area (Å²) in [5.74, 6) is 0. The molecule has 0 N–H and O–H groups in total. The summed E-state index contributed by atoms with van der Waals surface area (Å²) in [5.41, 5.74) is 12.8. The zero-order valence-electron chi connectivity index (χ0n) is 26.8. The van der Waals surface area contributed by atoms with Crippen LogP contribution in [0.2, 0.25) is 0 Å². The van der Waals surface area contributed by atoms with Gasteiger partial charge in [-0.3, -0.25) is 0 Å². The minimum atomic E-state index is -0.0924. The molecular weight excluding hydrogens is 567 g/mol. The van der Waals surface area contributed by atoms with Gasteiger partial charge in [-0.1, -0.05) is 117 Å². The third kappa shape index (κ3) is 3.66. The van der Waals surface area contributed by atoms with E-state index >= 15 is 0 Å². The van der Waals surface area contributed by atoms with E-state index < -0.39 is 0 Å². The van der Waals surface area contributed by atoms with E-state index in [1.807, 2.05) is 0 Å². The molecule has 8 aromatic carbocycles. The van der Waals surface area contributed by atoms with E-state index in [0.717, 1.165) is 0 Å². The summed E-state index contributed by atoms with van der Waals surface area (Å²) in [6.45, 7) is 6.99. The second-order valence-corrected chi connectivity index (χ2v) is 13.8. The Morgan fingerprint density at radius 3 is 1.53 bits per heavy atom. The van der Waals surface area contributed by atoms with Gasteiger partial charge in [-0.05, 0) is 121 Å². The van der Waals surface area contributed by atoms with Crippen LogP contribution in [0.15, 0.2) is 146 Å². The van der Waals surface area contributed by atoms with Gasteiger partial charge >= 0.3 is 0 Å². The minimum Gasteiger partial charge on any atom is -0.309 e. The zero-order chi connectivity index (χ0) is 31.4. The van der Waals surface area contributed by atoms with E-state index in [1.54, 1.807) is 0 Å². The molecule has 222 valence electrons. The highest BCUT2D eigenvalue weighted by Gasteiger charge is 2.36. The van der Waals surface area contributed by atoms with Gasteiger partial charge in [-0.25, -0.2) is 0 Å². The van der Waals surface area contributed by atoms with Crippen molar-refractivity contribution >= 4 is 54.1 Å². The smallest absolute Gasteiger partial charge is 0.0541 e. The number of hydrogen-bond acceptors (Lipinski definition) is 0. The van der Waals surface area contributed by atoms with Crippen molar-refractivity contribution in [3.05, 3.63) is 162 Å². The predicted molar refractivity (Wildman–Crippen MR) is 201 cm³/mol. The van der Waals surface area contributed by atoms with Gasteiger partial charge in [0.15, 0.2) is 0 Å². The van der Waals surface area contributed by atoms with Crippen molar-refractivity contribution in [2.45, 2.75) is 26.2 Å². The van der Waals surface area contributed by atoms with Crippen molar-refractivity contribution in [1.29, 1.82) is 0 Å². The van der Waals surface area contributed by atoms with E-state index in [2.05, 4.69) is 171 Å². The minimum absolute atomic E-state index is 0.0924. The Morgan fingerprint density at radius 1 is 0.404 bits per heavy atom. The van der Waals surface area contributed by atoms with E-state index in [0.29, 0.717) is 0 Å². The van der Waals surface area contributed by atoms with Crippen LogP contribution < -0.4 is 0 Å². The fourth-order valence-corrected chi connectivity index (χ4v) is 8.59. The maximum absolute atomic E-state index is 2.49. The molecule has 1 aromatic heterocycles. The van der Waals surface area contributed by atoms with Crippen LogP contribution >= 0.6 is 0 Å². The number of aromatic nitrogens is 1. The van der Waals surface area contributed by atoms with Gasteiger partial charge < -0.3 is 4.57 Å². The molecule has 0 aliphatic heterocycles. The molecule has 1 aliphatic rings. The lowest BCUT2D eigenvalue weighted by molar-refractivity contribution is 0.661. The Hall–Kier alpha value is -5.66. The second-order valence-electron chi connectivity index (χ2n) is 13.8. The second kappa shape index (κ2) is 9.44. The summed E-state index contributed by atoms with van der Waals surface area (Å²) in [7, 11) is 0. The summed E-state index contributed by atoms with van der Waals surface area (Å²) in [4.78, 5) is 0. The Balaban J connectivity index is 1.20. The molecule has 0 spiro atoms. The summed E-state index contributed by atoms with van der Waals surface area (Å²) in [6.07, 6.45) is 0. The summed E-state index contributed by atoms with van der Waals surface area (Å²) in [6, 6.07) is 54.5. The normalized spacial score (nSPS) is 13.6. The van der Waals surface area contributed by atoms with Crippen molar-refractivity contribution in [2.75, 3.05) is 0 Å². The Bertz CT molecular complexity index is 2720. The molecule has 9 aromatic rings. The molecular formula is C46H33N. The van der Waals surface area contributed by atoms with Gasteiger partial charge in [0, 0.05) is 21.9 Å². The summed E-state index contributed by atoms with van der Waals surface area (Å²) >= 11 is 0. The van der Waals surface area contributed by atoms with E-state index in [1.165, 1.54) is 98.8 Å². The molecule has 47 heavy (non-hydrogen) atoms. The van der Waals surface area contributed by atoms with Crippen LogP contribution in [0, 0.1) is 6.92 Å². The van der Waals surface area contributed by atoms with Gasteiger partial charge in [0.2, 0.25) is 0 Å².